The van der Waals surface area contributed by atoms with Gasteiger partial charge in [-0.2, -0.15) is 0 Å². The lowest BCUT2D eigenvalue weighted by Crippen LogP contribution is -2.38. The number of ketones is 1. The zero-order chi connectivity index (χ0) is 22.7. The van der Waals surface area contributed by atoms with Crippen molar-refractivity contribution in [2.75, 3.05) is 39.4 Å². The van der Waals surface area contributed by atoms with Crippen LogP contribution in [0.4, 0.5) is 0 Å². The summed E-state index contributed by atoms with van der Waals surface area (Å²) in [6, 6.07) is 12.8. The number of hydrogen-bond acceptors (Lipinski definition) is 5. The normalized spacial score (nSPS) is 21.3. The highest BCUT2D eigenvalue weighted by Crippen LogP contribution is 2.39. The van der Waals surface area contributed by atoms with E-state index in [4.69, 9.17) is 27.9 Å². The van der Waals surface area contributed by atoms with E-state index in [1.807, 2.05) is 0 Å². The van der Waals surface area contributed by atoms with E-state index in [0.29, 0.717) is 41.8 Å². The summed E-state index contributed by atoms with van der Waals surface area (Å²) in [6.07, 6.45) is 0.706. The summed E-state index contributed by atoms with van der Waals surface area (Å²) in [5.74, 6) is -1.51. The second-order valence-corrected chi connectivity index (χ2v) is 8.73. The lowest BCUT2D eigenvalue weighted by atomic mass is 9.95. The van der Waals surface area contributed by atoms with Gasteiger partial charge in [0, 0.05) is 41.8 Å². The van der Waals surface area contributed by atoms with Gasteiger partial charge in [0.2, 0.25) is 0 Å². The van der Waals surface area contributed by atoms with Crippen LogP contribution in [0.15, 0.2) is 54.1 Å². The zero-order valence-electron chi connectivity index (χ0n) is 17.5. The molecule has 2 aliphatic rings. The maximum Gasteiger partial charge on any atom is 0.295 e. The molecule has 168 valence electrons. The molecule has 2 saturated heterocycles. The maximum atomic E-state index is 13.0. The Morgan fingerprint density at radius 3 is 2.16 bits per heavy atom. The lowest BCUT2D eigenvalue weighted by Gasteiger charge is -2.29. The molecule has 32 heavy (non-hydrogen) atoms. The smallest absolute Gasteiger partial charge is 0.295 e. The molecule has 6 nitrogen and oxygen atoms in total. The van der Waals surface area contributed by atoms with Crippen molar-refractivity contribution in [3.05, 3.63) is 75.3 Å². The molecule has 8 heteroatoms. The maximum absolute atomic E-state index is 13.0. The number of aliphatic hydroxyl groups is 1. The second-order valence-electron chi connectivity index (χ2n) is 7.86. The lowest BCUT2D eigenvalue weighted by molar-refractivity contribution is -0.140. The molecule has 0 saturated carbocycles. The number of benzene rings is 2. The third-order valence-electron chi connectivity index (χ3n) is 5.82. The van der Waals surface area contributed by atoms with E-state index in [0.717, 1.165) is 25.2 Å². The number of amides is 1. The fraction of sp³-hybridized carbons (Fsp3) is 0.333. The molecule has 2 aromatic rings. The van der Waals surface area contributed by atoms with Crippen molar-refractivity contribution in [1.29, 1.82) is 0 Å². The number of likely N-dealkylation sites (tertiary alicyclic amines) is 1. The van der Waals surface area contributed by atoms with Gasteiger partial charge in [0.25, 0.3) is 11.7 Å². The minimum absolute atomic E-state index is 0.0750. The molecule has 0 aliphatic carbocycles. The van der Waals surface area contributed by atoms with E-state index in [9.17, 15) is 14.7 Å². The van der Waals surface area contributed by atoms with Gasteiger partial charge < -0.3 is 14.7 Å². The molecule has 0 aromatic heterocycles. The molecule has 4 rings (SSSR count). The van der Waals surface area contributed by atoms with Gasteiger partial charge in [-0.05, 0) is 48.4 Å². The van der Waals surface area contributed by atoms with Crippen molar-refractivity contribution in [2.24, 2.45) is 0 Å². The van der Waals surface area contributed by atoms with Crippen LogP contribution in [-0.2, 0) is 14.3 Å². The summed E-state index contributed by atoms with van der Waals surface area (Å²) >= 11 is 12.0. The zero-order valence-corrected chi connectivity index (χ0v) is 19.0. The van der Waals surface area contributed by atoms with Crippen molar-refractivity contribution in [2.45, 2.75) is 12.5 Å². The average molecular weight is 475 g/mol. The average Bonchev–Trinajstić information content (AvgIpc) is 3.05. The molecule has 2 heterocycles. The highest BCUT2D eigenvalue weighted by Gasteiger charge is 2.45. The number of nitrogens with zero attached hydrogens (tertiary/aromatic N) is 2. The van der Waals surface area contributed by atoms with Crippen LogP contribution in [-0.4, -0.2) is 66.0 Å². The van der Waals surface area contributed by atoms with Crippen LogP contribution in [0.1, 0.15) is 23.6 Å². The number of carbonyl (C=O) groups is 2. The van der Waals surface area contributed by atoms with Crippen molar-refractivity contribution in [3.63, 3.8) is 0 Å². The summed E-state index contributed by atoms with van der Waals surface area (Å²) < 4.78 is 5.38. The van der Waals surface area contributed by atoms with Crippen molar-refractivity contribution in [3.8, 4) is 0 Å². The van der Waals surface area contributed by atoms with Crippen LogP contribution in [0.5, 0.6) is 0 Å². The molecule has 2 aliphatic heterocycles. The SMILES string of the molecule is O=C1C(=O)N(CCCN2CCOCC2)[C@H](c2ccc(Cl)cc2)/C1=C(\O)c1ccc(Cl)cc1. The summed E-state index contributed by atoms with van der Waals surface area (Å²) in [7, 11) is 0. The summed E-state index contributed by atoms with van der Waals surface area (Å²) in [5, 5.41) is 12.1. The standard InChI is InChI=1S/C24H24Cl2N2O4/c25-18-6-2-16(3-7-18)21-20(22(29)17-4-8-19(26)9-5-17)23(30)24(31)28(21)11-1-10-27-12-14-32-15-13-27/h2-9,21,29H,1,10-15H2/b22-20+/t21-/m1/s1. The van der Waals surface area contributed by atoms with E-state index < -0.39 is 17.7 Å². The molecule has 0 unspecified atom stereocenters. The Kier molecular flexibility index (Phi) is 7.16. The largest absolute Gasteiger partial charge is 0.507 e. The van der Waals surface area contributed by atoms with E-state index in [-0.39, 0.29) is 11.3 Å². The fourth-order valence-electron chi connectivity index (χ4n) is 4.15. The third-order valence-corrected chi connectivity index (χ3v) is 6.32. The highest BCUT2D eigenvalue weighted by atomic mass is 35.5. The highest BCUT2D eigenvalue weighted by molar-refractivity contribution is 6.46. The van der Waals surface area contributed by atoms with Gasteiger partial charge in [0.1, 0.15) is 5.76 Å². The van der Waals surface area contributed by atoms with Crippen LogP contribution >= 0.6 is 23.2 Å². The minimum Gasteiger partial charge on any atom is -0.507 e. The first-order valence-electron chi connectivity index (χ1n) is 10.6. The monoisotopic (exact) mass is 474 g/mol. The summed E-state index contributed by atoms with van der Waals surface area (Å²) in [6.45, 7) is 4.32. The Bertz CT molecular complexity index is 1020. The van der Waals surface area contributed by atoms with E-state index in [2.05, 4.69) is 4.90 Å². The van der Waals surface area contributed by atoms with Gasteiger partial charge in [0.05, 0.1) is 24.8 Å². The van der Waals surface area contributed by atoms with Gasteiger partial charge in [-0.3, -0.25) is 14.5 Å². The topological polar surface area (TPSA) is 70.1 Å². The van der Waals surface area contributed by atoms with Gasteiger partial charge in [0.15, 0.2) is 0 Å². The molecule has 1 N–H and O–H groups in total. The van der Waals surface area contributed by atoms with Crippen LogP contribution in [0.25, 0.3) is 5.76 Å². The number of carbonyl (C=O) groups excluding carboxylic acids is 2. The molecule has 1 atom stereocenters. The number of aliphatic hydroxyl groups excluding tert-OH is 1. The molecule has 0 bridgehead atoms. The van der Waals surface area contributed by atoms with Gasteiger partial charge in [-0.15, -0.1) is 0 Å². The van der Waals surface area contributed by atoms with Gasteiger partial charge in [-0.25, -0.2) is 0 Å². The molecular formula is C24H24Cl2N2O4. The van der Waals surface area contributed by atoms with Crippen molar-refractivity contribution >= 4 is 40.7 Å². The number of rotatable bonds is 6. The van der Waals surface area contributed by atoms with Crippen molar-refractivity contribution in [1.82, 2.24) is 9.80 Å². The number of ether oxygens (including phenoxy) is 1. The summed E-state index contributed by atoms with van der Waals surface area (Å²) in [4.78, 5) is 29.8. The van der Waals surface area contributed by atoms with Crippen LogP contribution in [0.2, 0.25) is 10.0 Å². The predicted octanol–water partition coefficient (Wildman–Crippen LogP) is 4.14. The fourth-order valence-corrected chi connectivity index (χ4v) is 4.41. The molecule has 2 aromatic carbocycles. The minimum atomic E-state index is -0.691. The van der Waals surface area contributed by atoms with Crippen LogP contribution in [0.3, 0.4) is 0 Å². The Balaban J connectivity index is 1.66. The van der Waals surface area contributed by atoms with E-state index >= 15 is 0 Å². The molecule has 0 spiro atoms. The van der Waals surface area contributed by atoms with Gasteiger partial charge >= 0.3 is 0 Å². The number of Topliss-reactive ketones (excluding diaryl/α,β-unsaturated/α-hetero) is 1. The Hall–Kier alpha value is -2.38. The van der Waals surface area contributed by atoms with E-state index in [1.54, 1.807) is 53.4 Å². The Labute approximate surface area is 197 Å². The van der Waals surface area contributed by atoms with Gasteiger partial charge in [-0.1, -0.05) is 35.3 Å². The number of halogens is 2. The van der Waals surface area contributed by atoms with Crippen LogP contribution in [0, 0.1) is 0 Å². The summed E-state index contributed by atoms with van der Waals surface area (Å²) in [5.41, 5.74) is 1.22. The van der Waals surface area contributed by atoms with Crippen LogP contribution < -0.4 is 0 Å². The first-order chi connectivity index (χ1) is 15.5. The third kappa shape index (κ3) is 4.84. The quantitative estimate of drug-likeness (QED) is 0.387. The molecule has 1 amide bonds. The van der Waals surface area contributed by atoms with Crippen molar-refractivity contribution < 1.29 is 19.4 Å². The predicted molar refractivity (Wildman–Crippen MR) is 124 cm³/mol. The first kappa shape index (κ1) is 22.8. The molecule has 2 fully saturated rings. The first-order valence-corrected chi connectivity index (χ1v) is 11.3. The Morgan fingerprint density at radius 1 is 0.938 bits per heavy atom. The number of morpholine rings is 1. The molecule has 0 radical (unpaired) electrons. The van der Waals surface area contributed by atoms with E-state index in [1.165, 1.54) is 0 Å². The Morgan fingerprint density at radius 2 is 1.53 bits per heavy atom. The number of hydrogen-bond donors (Lipinski definition) is 1. The molecular weight excluding hydrogens is 451 g/mol. The second kappa shape index (κ2) is 10.0.